The van der Waals surface area contributed by atoms with Gasteiger partial charge in [-0.3, -0.25) is 0 Å². The van der Waals surface area contributed by atoms with Crippen LogP contribution in [0.1, 0.15) is 5.56 Å². The van der Waals surface area contributed by atoms with Gasteiger partial charge in [-0.2, -0.15) is 0 Å². The van der Waals surface area contributed by atoms with E-state index in [0.717, 1.165) is 6.07 Å². The van der Waals surface area contributed by atoms with Crippen LogP contribution in [-0.4, -0.2) is 15.5 Å². The van der Waals surface area contributed by atoms with Crippen molar-refractivity contribution in [3.05, 3.63) is 53.8 Å². The molecule has 0 saturated carbocycles. The van der Waals surface area contributed by atoms with E-state index in [1.54, 1.807) is 12.1 Å². The molecule has 0 aliphatic heterocycles. The van der Waals surface area contributed by atoms with Crippen molar-refractivity contribution < 1.29 is 17.5 Å². The van der Waals surface area contributed by atoms with Gasteiger partial charge < -0.3 is 10.5 Å². The maximum Gasteiger partial charge on any atom is 0.182 e. The zero-order valence-corrected chi connectivity index (χ0v) is 11.7. The molecule has 0 atom stereocenters. The second kappa shape index (κ2) is 5.50. The highest BCUT2D eigenvalue weighted by atomic mass is 32.2. The first-order valence-corrected chi connectivity index (χ1v) is 7.48. The van der Waals surface area contributed by atoms with Crippen LogP contribution in [0.5, 0.6) is 5.75 Å². The Kier molecular flexibility index (Phi) is 3.94. The highest BCUT2D eigenvalue weighted by molar-refractivity contribution is 7.90. The molecular formula is C14H14FNO3S. The van der Waals surface area contributed by atoms with Gasteiger partial charge in [0.05, 0.1) is 17.8 Å². The lowest BCUT2D eigenvalue weighted by atomic mass is 10.2. The Morgan fingerprint density at radius 3 is 2.60 bits per heavy atom. The Hall–Kier alpha value is -2.08. The molecule has 106 valence electrons. The largest absolute Gasteiger partial charge is 0.496 e. The van der Waals surface area contributed by atoms with Crippen LogP contribution in [0, 0.1) is 5.82 Å². The number of methoxy groups -OCH3 is 1. The third kappa shape index (κ3) is 3.08. The number of sulfone groups is 1. The summed E-state index contributed by atoms with van der Waals surface area (Å²) in [6, 6.07) is 9.67. The molecule has 0 radical (unpaired) electrons. The van der Waals surface area contributed by atoms with E-state index in [0.29, 0.717) is 17.0 Å². The number of benzene rings is 2. The van der Waals surface area contributed by atoms with Gasteiger partial charge >= 0.3 is 0 Å². The third-order valence-corrected chi connectivity index (χ3v) is 4.47. The molecule has 2 aromatic carbocycles. The van der Waals surface area contributed by atoms with E-state index in [-0.39, 0.29) is 10.6 Å². The van der Waals surface area contributed by atoms with Crippen molar-refractivity contribution in [2.24, 2.45) is 0 Å². The number of hydrogen-bond acceptors (Lipinski definition) is 4. The van der Waals surface area contributed by atoms with Gasteiger partial charge in [-0.1, -0.05) is 6.07 Å². The van der Waals surface area contributed by atoms with Crippen LogP contribution in [0.2, 0.25) is 0 Å². The lowest BCUT2D eigenvalue weighted by molar-refractivity contribution is 0.411. The van der Waals surface area contributed by atoms with Gasteiger partial charge in [-0.15, -0.1) is 0 Å². The molecule has 0 spiro atoms. The van der Waals surface area contributed by atoms with Crippen LogP contribution < -0.4 is 10.5 Å². The van der Waals surface area contributed by atoms with E-state index in [9.17, 15) is 12.8 Å². The number of ether oxygens (including phenoxy) is 1. The minimum Gasteiger partial charge on any atom is -0.496 e. The minimum atomic E-state index is -3.66. The predicted octanol–water partition coefficient (Wildman–Crippen LogP) is 2.39. The number of anilines is 1. The molecule has 0 amide bonds. The Balaban J connectivity index is 2.40. The topological polar surface area (TPSA) is 69.4 Å². The molecule has 0 aromatic heterocycles. The number of hydrogen-bond donors (Lipinski definition) is 1. The molecule has 0 heterocycles. The van der Waals surface area contributed by atoms with Crippen molar-refractivity contribution in [2.45, 2.75) is 10.6 Å². The first-order valence-electron chi connectivity index (χ1n) is 5.83. The van der Waals surface area contributed by atoms with Crippen LogP contribution in [0.15, 0.2) is 47.4 Å². The summed E-state index contributed by atoms with van der Waals surface area (Å²) in [6.07, 6.45) is 0. The van der Waals surface area contributed by atoms with Crippen LogP contribution >= 0.6 is 0 Å². The molecule has 0 bridgehead atoms. The second-order valence-electron chi connectivity index (χ2n) is 4.29. The molecule has 0 aliphatic rings. The van der Waals surface area contributed by atoms with Crippen LogP contribution in [0.3, 0.4) is 0 Å². The highest BCUT2D eigenvalue weighted by Crippen LogP contribution is 2.26. The lowest BCUT2D eigenvalue weighted by Crippen LogP contribution is -2.07. The van der Waals surface area contributed by atoms with E-state index in [2.05, 4.69) is 0 Å². The maximum absolute atomic E-state index is 13.1. The van der Waals surface area contributed by atoms with E-state index in [1.807, 2.05) is 0 Å². The summed E-state index contributed by atoms with van der Waals surface area (Å²) >= 11 is 0. The van der Waals surface area contributed by atoms with Crippen molar-refractivity contribution in [3.8, 4) is 5.75 Å². The van der Waals surface area contributed by atoms with Gasteiger partial charge in [-0.25, -0.2) is 12.8 Å². The van der Waals surface area contributed by atoms with Crippen LogP contribution in [0.4, 0.5) is 10.1 Å². The molecule has 4 nitrogen and oxygen atoms in total. The SMILES string of the molecule is COc1ccc(N)cc1CS(=O)(=O)c1cccc(F)c1. The molecule has 2 N–H and O–H groups in total. The lowest BCUT2D eigenvalue weighted by Gasteiger charge is -2.10. The monoisotopic (exact) mass is 295 g/mol. The maximum atomic E-state index is 13.1. The fraction of sp³-hybridized carbons (Fsp3) is 0.143. The summed E-state index contributed by atoms with van der Waals surface area (Å²) in [5.41, 5.74) is 6.53. The average Bonchev–Trinajstić information content (AvgIpc) is 2.38. The minimum absolute atomic E-state index is 0.0676. The van der Waals surface area contributed by atoms with Crippen molar-refractivity contribution in [3.63, 3.8) is 0 Å². The number of nitrogen functional groups attached to an aromatic ring is 1. The Labute approximate surface area is 116 Å². The van der Waals surface area contributed by atoms with E-state index in [4.69, 9.17) is 10.5 Å². The van der Waals surface area contributed by atoms with Gasteiger partial charge in [0.25, 0.3) is 0 Å². The van der Waals surface area contributed by atoms with Crippen molar-refractivity contribution >= 4 is 15.5 Å². The first-order chi connectivity index (χ1) is 9.42. The third-order valence-electron chi connectivity index (χ3n) is 2.81. The summed E-state index contributed by atoms with van der Waals surface area (Å²) in [4.78, 5) is -0.0676. The molecule has 2 rings (SSSR count). The molecule has 0 fully saturated rings. The Morgan fingerprint density at radius 2 is 1.95 bits per heavy atom. The normalized spacial score (nSPS) is 11.3. The summed E-state index contributed by atoms with van der Waals surface area (Å²) in [5.74, 6) is -0.463. The van der Waals surface area contributed by atoms with Gasteiger partial charge in [-0.05, 0) is 36.4 Å². The summed E-state index contributed by atoms with van der Waals surface area (Å²) < 4.78 is 42.8. The fourth-order valence-corrected chi connectivity index (χ4v) is 3.24. The van der Waals surface area contributed by atoms with E-state index >= 15 is 0 Å². The zero-order chi connectivity index (χ0) is 14.8. The summed E-state index contributed by atoms with van der Waals surface area (Å²) in [7, 11) is -2.21. The quantitative estimate of drug-likeness (QED) is 0.879. The highest BCUT2D eigenvalue weighted by Gasteiger charge is 2.18. The molecule has 0 unspecified atom stereocenters. The van der Waals surface area contributed by atoms with Gasteiger partial charge in [0, 0.05) is 11.3 Å². The molecule has 2 aromatic rings. The smallest absolute Gasteiger partial charge is 0.182 e. The van der Waals surface area contributed by atoms with E-state index < -0.39 is 15.7 Å². The van der Waals surface area contributed by atoms with Crippen molar-refractivity contribution in [1.82, 2.24) is 0 Å². The fourth-order valence-electron chi connectivity index (χ4n) is 1.86. The van der Waals surface area contributed by atoms with E-state index in [1.165, 1.54) is 31.4 Å². The molecule has 6 heteroatoms. The number of rotatable bonds is 4. The van der Waals surface area contributed by atoms with Crippen molar-refractivity contribution in [2.75, 3.05) is 12.8 Å². The number of nitrogens with two attached hydrogens (primary N) is 1. The standard InChI is InChI=1S/C14H14FNO3S/c1-19-14-6-5-12(16)7-10(14)9-20(17,18)13-4-2-3-11(15)8-13/h2-8H,9,16H2,1H3. The average molecular weight is 295 g/mol. The van der Waals surface area contributed by atoms with Gasteiger partial charge in [0.1, 0.15) is 11.6 Å². The first kappa shape index (κ1) is 14.3. The Bertz CT molecular complexity index is 729. The van der Waals surface area contributed by atoms with Crippen molar-refractivity contribution in [1.29, 1.82) is 0 Å². The Morgan fingerprint density at radius 1 is 1.20 bits per heavy atom. The molecule has 0 saturated heterocycles. The molecule has 20 heavy (non-hydrogen) atoms. The van der Waals surface area contributed by atoms with Crippen LogP contribution in [0.25, 0.3) is 0 Å². The summed E-state index contributed by atoms with van der Waals surface area (Å²) in [6.45, 7) is 0. The number of halogens is 1. The molecule has 0 aliphatic carbocycles. The van der Waals surface area contributed by atoms with Crippen LogP contribution in [-0.2, 0) is 15.6 Å². The summed E-state index contributed by atoms with van der Waals surface area (Å²) in [5, 5.41) is 0. The predicted molar refractivity (Wildman–Crippen MR) is 74.7 cm³/mol. The van der Waals surface area contributed by atoms with Gasteiger partial charge in [0.15, 0.2) is 9.84 Å². The molecular weight excluding hydrogens is 281 g/mol. The zero-order valence-electron chi connectivity index (χ0n) is 10.8. The van der Waals surface area contributed by atoms with Gasteiger partial charge in [0.2, 0.25) is 0 Å². The second-order valence-corrected chi connectivity index (χ2v) is 6.28.